The molecule has 1 aliphatic carbocycles. The molecule has 22 heavy (non-hydrogen) atoms. The maximum atomic E-state index is 13.0. The number of rotatable bonds is 6. The van der Waals surface area contributed by atoms with E-state index in [9.17, 15) is 4.79 Å². The van der Waals surface area contributed by atoms with E-state index in [1.165, 1.54) is 0 Å². The van der Waals surface area contributed by atoms with Crippen LogP contribution in [0.3, 0.4) is 0 Å². The number of nitrogens with one attached hydrogen (secondary N) is 1. The van der Waals surface area contributed by atoms with Gasteiger partial charge in [0.15, 0.2) is 0 Å². The molecule has 1 aromatic rings. The van der Waals surface area contributed by atoms with Gasteiger partial charge in [0.05, 0.1) is 12.5 Å². The van der Waals surface area contributed by atoms with Crippen molar-refractivity contribution in [1.82, 2.24) is 10.2 Å². The SMILES string of the molecule is CNCCN(C)C(=O)C1(c2ccc(OC)cc2)CCCC1.Cl. The second-order valence-electron chi connectivity index (χ2n) is 5.85. The quantitative estimate of drug-likeness (QED) is 0.873. The van der Waals surface area contributed by atoms with E-state index in [-0.39, 0.29) is 23.7 Å². The summed E-state index contributed by atoms with van der Waals surface area (Å²) in [6, 6.07) is 8.01. The highest BCUT2D eigenvalue weighted by atomic mass is 35.5. The monoisotopic (exact) mass is 326 g/mol. The molecule has 2 rings (SSSR count). The molecule has 1 saturated carbocycles. The minimum Gasteiger partial charge on any atom is -0.497 e. The Bertz CT molecular complexity index is 470. The van der Waals surface area contributed by atoms with Crippen molar-refractivity contribution in [1.29, 1.82) is 0 Å². The number of halogens is 1. The second kappa shape index (κ2) is 8.39. The lowest BCUT2D eigenvalue weighted by Gasteiger charge is -2.33. The highest BCUT2D eigenvalue weighted by Crippen LogP contribution is 2.42. The smallest absolute Gasteiger partial charge is 0.233 e. The van der Waals surface area contributed by atoms with E-state index in [0.717, 1.165) is 50.1 Å². The first-order valence-corrected chi connectivity index (χ1v) is 7.69. The van der Waals surface area contributed by atoms with Gasteiger partial charge in [-0.2, -0.15) is 0 Å². The second-order valence-corrected chi connectivity index (χ2v) is 5.85. The lowest BCUT2D eigenvalue weighted by Crippen LogP contribution is -2.45. The van der Waals surface area contributed by atoms with Crippen molar-refractivity contribution >= 4 is 18.3 Å². The fraction of sp³-hybridized carbons (Fsp3) is 0.588. The Labute approximate surface area is 139 Å². The highest BCUT2D eigenvalue weighted by Gasteiger charge is 2.44. The van der Waals surface area contributed by atoms with Crippen molar-refractivity contribution in [2.24, 2.45) is 0 Å². The van der Waals surface area contributed by atoms with E-state index in [1.54, 1.807) is 7.11 Å². The number of likely N-dealkylation sites (N-methyl/N-ethyl adjacent to an activating group) is 2. The molecule has 1 aliphatic rings. The van der Waals surface area contributed by atoms with Crippen molar-refractivity contribution in [3.8, 4) is 5.75 Å². The highest BCUT2D eigenvalue weighted by molar-refractivity contribution is 5.88. The van der Waals surface area contributed by atoms with Gasteiger partial charge >= 0.3 is 0 Å². The Kier molecular flexibility index (Phi) is 7.17. The average Bonchev–Trinajstić information content (AvgIpc) is 3.02. The van der Waals surface area contributed by atoms with Crippen LogP contribution < -0.4 is 10.1 Å². The van der Waals surface area contributed by atoms with Gasteiger partial charge in [-0.3, -0.25) is 4.79 Å². The molecule has 0 heterocycles. The zero-order chi connectivity index (χ0) is 15.3. The van der Waals surface area contributed by atoms with Gasteiger partial charge in [0.2, 0.25) is 5.91 Å². The van der Waals surface area contributed by atoms with Gasteiger partial charge < -0.3 is 15.0 Å². The van der Waals surface area contributed by atoms with Crippen LogP contribution in [0.1, 0.15) is 31.2 Å². The number of hydrogen-bond donors (Lipinski definition) is 1. The Balaban J connectivity index is 0.00000242. The Hall–Kier alpha value is -1.26. The van der Waals surface area contributed by atoms with Crippen molar-refractivity contribution in [2.45, 2.75) is 31.1 Å². The summed E-state index contributed by atoms with van der Waals surface area (Å²) in [7, 11) is 5.48. The van der Waals surface area contributed by atoms with Crippen LogP contribution in [0.15, 0.2) is 24.3 Å². The molecule has 0 saturated heterocycles. The zero-order valence-electron chi connectivity index (χ0n) is 13.7. The van der Waals surface area contributed by atoms with Crippen LogP contribution in [-0.2, 0) is 10.2 Å². The Morgan fingerprint density at radius 3 is 2.36 bits per heavy atom. The third-order valence-corrected chi connectivity index (χ3v) is 4.55. The van der Waals surface area contributed by atoms with Gasteiger partial charge in [-0.05, 0) is 37.6 Å². The van der Waals surface area contributed by atoms with E-state index < -0.39 is 0 Å². The van der Waals surface area contributed by atoms with Gasteiger partial charge in [-0.25, -0.2) is 0 Å². The van der Waals surface area contributed by atoms with Crippen LogP contribution in [0.25, 0.3) is 0 Å². The van der Waals surface area contributed by atoms with Gasteiger partial charge in [0.25, 0.3) is 0 Å². The number of ether oxygens (including phenoxy) is 1. The summed E-state index contributed by atoms with van der Waals surface area (Å²) in [4.78, 5) is 14.9. The number of hydrogen-bond acceptors (Lipinski definition) is 3. The van der Waals surface area contributed by atoms with Crippen LogP contribution >= 0.6 is 12.4 Å². The summed E-state index contributed by atoms with van der Waals surface area (Å²) >= 11 is 0. The molecular formula is C17H27ClN2O2. The van der Waals surface area contributed by atoms with Crippen LogP contribution in [0, 0.1) is 0 Å². The first kappa shape index (κ1) is 18.8. The van der Waals surface area contributed by atoms with Gasteiger partial charge in [-0.1, -0.05) is 25.0 Å². The molecular weight excluding hydrogens is 300 g/mol. The van der Waals surface area contributed by atoms with Crippen molar-refractivity contribution in [2.75, 3.05) is 34.3 Å². The Morgan fingerprint density at radius 1 is 1.27 bits per heavy atom. The molecule has 0 atom stereocenters. The average molecular weight is 327 g/mol. The molecule has 4 nitrogen and oxygen atoms in total. The number of methoxy groups -OCH3 is 1. The number of carbonyl (C=O) groups is 1. The minimum atomic E-state index is -0.339. The van der Waals surface area contributed by atoms with Gasteiger partial charge in [0.1, 0.15) is 5.75 Å². The molecule has 0 aromatic heterocycles. The number of nitrogens with zero attached hydrogens (tertiary/aromatic N) is 1. The summed E-state index contributed by atoms with van der Waals surface area (Å²) in [5.74, 6) is 1.09. The molecule has 0 radical (unpaired) electrons. The molecule has 5 heteroatoms. The summed E-state index contributed by atoms with van der Waals surface area (Å²) < 4.78 is 5.22. The summed E-state index contributed by atoms with van der Waals surface area (Å²) in [5, 5.41) is 3.10. The lowest BCUT2D eigenvalue weighted by atomic mass is 9.77. The fourth-order valence-electron chi connectivity index (χ4n) is 3.26. The first-order valence-electron chi connectivity index (χ1n) is 7.69. The minimum absolute atomic E-state index is 0. The summed E-state index contributed by atoms with van der Waals surface area (Å²) in [6.07, 6.45) is 4.14. The maximum absolute atomic E-state index is 13.0. The van der Waals surface area contributed by atoms with Crippen LogP contribution in [-0.4, -0.2) is 45.1 Å². The number of benzene rings is 1. The zero-order valence-corrected chi connectivity index (χ0v) is 14.5. The predicted molar refractivity (Wildman–Crippen MR) is 92.0 cm³/mol. The summed E-state index contributed by atoms with van der Waals surface area (Å²) in [6.45, 7) is 1.56. The third-order valence-electron chi connectivity index (χ3n) is 4.55. The van der Waals surface area contributed by atoms with Crippen molar-refractivity contribution in [3.63, 3.8) is 0 Å². The largest absolute Gasteiger partial charge is 0.497 e. The molecule has 1 fully saturated rings. The molecule has 0 aliphatic heterocycles. The van der Waals surface area contributed by atoms with E-state index in [1.807, 2.05) is 43.3 Å². The fourth-order valence-corrected chi connectivity index (χ4v) is 3.26. The van der Waals surface area contributed by atoms with E-state index in [2.05, 4.69) is 5.32 Å². The summed E-state index contributed by atoms with van der Waals surface area (Å²) in [5.41, 5.74) is 0.788. The topological polar surface area (TPSA) is 41.6 Å². The van der Waals surface area contributed by atoms with E-state index >= 15 is 0 Å². The van der Waals surface area contributed by atoms with Gasteiger partial charge in [0, 0.05) is 20.1 Å². The normalized spacial score (nSPS) is 16.0. The van der Waals surface area contributed by atoms with Crippen LogP contribution in [0.4, 0.5) is 0 Å². The van der Waals surface area contributed by atoms with Crippen molar-refractivity contribution < 1.29 is 9.53 Å². The Morgan fingerprint density at radius 2 is 1.86 bits per heavy atom. The van der Waals surface area contributed by atoms with E-state index in [4.69, 9.17) is 4.74 Å². The van der Waals surface area contributed by atoms with Crippen LogP contribution in [0.2, 0.25) is 0 Å². The van der Waals surface area contributed by atoms with Crippen LogP contribution in [0.5, 0.6) is 5.75 Å². The van der Waals surface area contributed by atoms with Crippen molar-refractivity contribution in [3.05, 3.63) is 29.8 Å². The van der Waals surface area contributed by atoms with E-state index in [0.29, 0.717) is 0 Å². The molecule has 0 spiro atoms. The lowest BCUT2D eigenvalue weighted by molar-refractivity contribution is -0.136. The first-order chi connectivity index (χ1) is 10.1. The number of amides is 1. The third kappa shape index (κ3) is 3.73. The maximum Gasteiger partial charge on any atom is 0.233 e. The molecule has 1 amide bonds. The standard InChI is InChI=1S/C17H26N2O2.ClH/c1-18-12-13-19(2)16(20)17(10-4-5-11-17)14-6-8-15(21-3)9-7-14;/h6-9,18H,4-5,10-13H2,1-3H3;1H. The number of carbonyl (C=O) groups excluding carboxylic acids is 1. The molecule has 0 bridgehead atoms. The predicted octanol–water partition coefficient (Wildman–Crippen LogP) is 2.61. The molecule has 1 aromatic carbocycles. The molecule has 0 unspecified atom stereocenters. The van der Waals surface area contributed by atoms with Gasteiger partial charge in [-0.15, -0.1) is 12.4 Å². The molecule has 1 N–H and O–H groups in total. The molecule has 124 valence electrons.